The number of hydrogen-bond donors (Lipinski definition) is 1. The first kappa shape index (κ1) is 14.5. The van der Waals surface area contributed by atoms with Gasteiger partial charge in [-0.05, 0) is 12.1 Å². The Morgan fingerprint density at radius 1 is 1.26 bits per heavy atom. The van der Waals surface area contributed by atoms with Crippen molar-refractivity contribution in [3.05, 3.63) is 46.0 Å². The van der Waals surface area contributed by atoms with Crippen molar-refractivity contribution in [2.24, 2.45) is 7.05 Å². The highest BCUT2D eigenvalue weighted by Gasteiger charge is 2.31. The fourth-order valence-electron chi connectivity index (χ4n) is 3.07. The maximum absolute atomic E-state index is 10.2. The maximum atomic E-state index is 10.2. The highest BCUT2D eigenvalue weighted by Crippen LogP contribution is 2.42. The zero-order chi connectivity index (χ0) is 16.1. The van der Waals surface area contributed by atoms with Crippen molar-refractivity contribution >= 4 is 23.2 Å². The van der Waals surface area contributed by atoms with Crippen molar-refractivity contribution in [3.63, 3.8) is 0 Å². The van der Waals surface area contributed by atoms with E-state index in [0.717, 1.165) is 17.2 Å². The molecular weight excluding hydrogens is 337 g/mol. The van der Waals surface area contributed by atoms with Gasteiger partial charge < -0.3 is 9.67 Å². The third-order valence-corrected chi connectivity index (χ3v) is 4.96. The van der Waals surface area contributed by atoms with Crippen molar-refractivity contribution in [3.8, 4) is 17.1 Å². The van der Waals surface area contributed by atoms with Crippen LogP contribution in [0.2, 0.25) is 10.0 Å². The molecule has 23 heavy (non-hydrogen) atoms. The molecule has 118 valence electrons. The molecule has 0 spiro atoms. The number of benzene rings is 1. The number of phenols is 1. The van der Waals surface area contributed by atoms with Crippen LogP contribution < -0.4 is 0 Å². The Balaban J connectivity index is 1.72. The number of hydrogen-bond acceptors (Lipinski definition) is 4. The normalized spacial score (nSPS) is 16.7. The minimum absolute atomic E-state index is 0.0159. The lowest BCUT2D eigenvalue weighted by atomic mass is 9.96. The second-order valence-corrected chi connectivity index (χ2v) is 6.43. The van der Waals surface area contributed by atoms with Crippen LogP contribution >= 0.6 is 23.2 Å². The van der Waals surface area contributed by atoms with Gasteiger partial charge in [0.1, 0.15) is 11.6 Å². The number of rotatable bonds is 2. The molecule has 8 heteroatoms. The van der Waals surface area contributed by atoms with E-state index in [2.05, 4.69) is 15.3 Å². The number of aryl methyl sites for hydroxylation is 1. The van der Waals surface area contributed by atoms with E-state index in [-0.39, 0.29) is 11.7 Å². The van der Waals surface area contributed by atoms with Gasteiger partial charge in [0.15, 0.2) is 5.82 Å². The summed E-state index contributed by atoms with van der Waals surface area (Å²) in [5.74, 6) is 1.81. The molecular formula is C15H13Cl2N5O. The van der Waals surface area contributed by atoms with Gasteiger partial charge in [-0.15, -0.1) is 10.2 Å². The second-order valence-electron chi connectivity index (χ2n) is 5.65. The number of phenolic OH excluding ortho intramolecular Hbond substituents is 1. The van der Waals surface area contributed by atoms with Gasteiger partial charge in [-0.3, -0.25) is 4.68 Å². The van der Waals surface area contributed by atoms with Gasteiger partial charge in [-0.2, -0.15) is 5.10 Å². The number of halogens is 2. The quantitative estimate of drug-likeness (QED) is 0.771. The van der Waals surface area contributed by atoms with E-state index in [4.69, 9.17) is 23.2 Å². The molecule has 0 bridgehead atoms. The average Bonchev–Trinajstić information content (AvgIpc) is 3.19. The summed E-state index contributed by atoms with van der Waals surface area (Å²) in [7, 11) is 1.86. The van der Waals surface area contributed by atoms with Crippen LogP contribution in [0.15, 0.2) is 24.5 Å². The van der Waals surface area contributed by atoms with E-state index in [1.54, 1.807) is 23.0 Å². The van der Waals surface area contributed by atoms with E-state index in [0.29, 0.717) is 28.6 Å². The Hall–Kier alpha value is -2.05. The fourth-order valence-corrected chi connectivity index (χ4v) is 3.55. The zero-order valence-electron chi connectivity index (χ0n) is 12.2. The Morgan fingerprint density at radius 2 is 2.09 bits per heavy atom. The molecule has 4 rings (SSSR count). The molecule has 1 N–H and O–H groups in total. The van der Waals surface area contributed by atoms with Crippen LogP contribution in [0.25, 0.3) is 11.4 Å². The highest BCUT2D eigenvalue weighted by molar-refractivity contribution is 6.42. The van der Waals surface area contributed by atoms with Crippen molar-refractivity contribution in [2.45, 2.75) is 18.9 Å². The maximum Gasteiger partial charge on any atom is 0.167 e. The predicted molar refractivity (Wildman–Crippen MR) is 86.8 cm³/mol. The largest absolute Gasteiger partial charge is 0.508 e. The summed E-state index contributed by atoms with van der Waals surface area (Å²) in [4.78, 5) is 0. The first-order valence-corrected chi connectivity index (χ1v) is 7.88. The number of aromatic hydroxyl groups is 1. The van der Waals surface area contributed by atoms with Gasteiger partial charge in [0, 0.05) is 37.7 Å². The van der Waals surface area contributed by atoms with Gasteiger partial charge in [0.05, 0.1) is 21.8 Å². The lowest BCUT2D eigenvalue weighted by molar-refractivity contribution is 0.459. The van der Waals surface area contributed by atoms with Crippen molar-refractivity contribution in [1.82, 2.24) is 24.5 Å². The zero-order valence-corrected chi connectivity index (χ0v) is 13.8. The van der Waals surface area contributed by atoms with Crippen LogP contribution in [0.4, 0.5) is 0 Å². The summed E-state index contributed by atoms with van der Waals surface area (Å²) in [6.07, 6.45) is 4.31. The van der Waals surface area contributed by atoms with Gasteiger partial charge in [-0.25, -0.2) is 0 Å². The summed E-state index contributed by atoms with van der Waals surface area (Å²) < 4.78 is 3.77. The monoisotopic (exact) mass is 349 g/mol. The van der Waals surface area contributed by atoms with E-state index in [9.17, 15) is 5.11 Å². The van der Waals surface area contributed by atoms with Crippen LogP contribution in [-0.2, 0) is 20.0 Å². The summed E-state index contributed by atoms with van der Waals surface area (Å²) in [5, 5.41) is 23.7. The number of aromatic nitrogens is 5. The Bertz CT molecular complexity index is 901. The fraction of sp³-hybridized carbons (Fsp3) is 0.267. The third kappa shape index (κ3) is 2.29. The predicted octanol–water partition coefficient (Wildman–Crippen LogP) is 3.03. The summed E-state index contributed by atoms with van der Waals surface area (Å²) in [6, 6.07) is 3.17. The van der Waals surface area contributed by atoms with E-state index >= 15 is 0 Å². The summed E-state index contributed by atoms with van der Waals surface area (Å²) in [5.41, 5.74) is 1.58. The molecule has 0 saturated carbocycles. The first-order chi connectivity index (χ1) is 11.0. The van der Waals surface area contributed by atoms with Crippen molar-refractivity contribution < 1.29 is 5.11 Å². The Kier molecular flexibility index (Phi) is 3.32. The molecule has 1 aliphatic heterocycles. The second kappa shape index (κ2) is 5.25. The number of fused-ring (bicyclic) bond motifs is 1. The van der Waals surface area contributed by atoms with Crippen molar-refractivity contribution in [2.75, 3.05) is 0 Å². The molecule has 1 atom stereocenters. The molecule has 6 nitrogen and oxygen atoms in total. The Labute approximate surface area is 142 Å². The van der Waals surface area contributed by atoms with Crippen molar-refractivity contribution in [1.29, 1.82) is 0 Å². The van der Waals surface area contributed by atoms with E-state index in [1.165, 1.54) is 0 Å². The van der Waals surface area contributed by atoms with Crippen LogP contribution in [0.5, 0.6) is 5.75 Å². The molecule has 0 fully saturated rings. The molecule has 0 radical (unpaired) electrons. The molecule has 0 saturated heterocycles. The van der Waals surface area contributed by atoms with Gasteiger partial charge >= 0.3 is 0 Å². The van der Waals surface area contributed by atoms with Gasteiger partial charge in [-0.1, -0.05) is 23.2 Å². The SMILES string of the molecule is Cn1cc(-c2nnc3n2C[C@H](c2c(O)ccc(Cl)c2Cl)C3)cn1. The van der Waals surface area contributed by atoms with Crippen LogP contribution in [0.3, 0.4) is 0 Å². The lowest BCUT2D eigenvalue weighted by Gasteiger charge is -2.14. The summed E-state index contributed by atoms with van der Waals surface area (Å²) in [6.45, 7) is 0.639. The standard InChI is InChI=1S/C15H13Cl2N5O/c1-21-6-9(5-18-21)15-20-19-12-4-8(7-22(12)15)13-11(23)3-2-10(16)14(13)17/h2-3,5-6,8,23H,4,7H2,1H3/t8-/m1/s1. The molecule has 0 unspecified atom stereocenters. The van der Waals surface area contributed by atoms with Gasteiger partial charge in [0.25, 0.3) is 0 Å². The van der Waals surface area contributed by atoms with Crippen LogP contribution in [-0.4, -0.2) is 29.7 Å². The van der Waals surface area contributed by atoms with Gasteiger partial charge in [0.2, 0.25) is 0 Å². The smallest absolute Gasteiger partial charge is 0.167 e. The van der Waals surface area contributed by atoms with E-state index in [1.807, 2.05) is 17.8 Å². The Morgan fingerprint density at radius 3 is 2.83 bits per heavy atom. The average molecular weight is 350 g/mol. The molecule has 1 aromatic carbocycles. The van der Waals surface area contributed by atoms with Crippen LogP contribution in [0.1, 0.15) is 17.3 Å². The summed E-state index contributed by atoms with van der Waals surface area (Å²) >= 11 is 12.4. The molecule has 0 amide bonds. The topological polar surface area (TPSA) is 68.8 Å². The molecule has 3 heterocycles. The minimum Gasteiger partial charge on any atom is -0.508 e. The van der Waals surface area contributed by atoms with E-state index < -0.39 is 0 Å². The first-order valence-electron chi connectivity index (χ1n) is 7.12. The molecule has 3 aromatic rings. The molecule has 1 aliphatic rings. The number of nitrogens with zero attached hydrogens (tertiary/aromatic N) is 5. The minimum atomic E-state index is 0.0159. The molecule has 0 aliphatic carbocycles. The van der Waals surface area contributed by atoms with Crippen LogP contribution in [0, 0.1) is 0 Å². The third-order valence-electron chi connectivity index (χ3n) is 4.14. The lowest BCUT2D eigenvalue weighted by Crippen LogP contribution is -2.04. The highest BCUT2D eigenvalue weighted by atomic mass is 35.5. The molecule has 2 aromatic heterocycles.